The van der Waals surface area contributed by atoms with Gasteiger partial charge in [0.05, 0.1) is 18.2 Å². The number of para-hydroxylation sites is 1. The van der Waals surface area contributed by atoms with Crippen molar-refractivity contribution in [3.8, 4) is 5.75 Å². The van der Waals surface area contributed by atoms with E-state index in [-0.39, 0.29) is 11.3 Å². The largest absolute Gasteiger partial charge is 0.507 e. The van der Waals surface area contributed by atoms with E-state index in [1.165, 1.54) is 4.90 Å². The Morgan fingerprint density at radius 1 is 0.912 bits per heavy atom. The Kier molecular flexibility index (Phi) is 6.55. The molecule has 3 aromatic rings. The van der Waals surface area contributed by atoms with Gasteiger partial charge in [0, 0.05) is 11.3 Å². The zero-order valence-corrected chi connectivity index (χ0v) is 19.9. The van der Waals surface area contributed by atoms with Crippen LogP contribution in [-0.4, -0.2) is 23.4 Å². The summed E-state index contributed by atoms with van der Waals surface area (Å²) in [5.41, 5.74) is 3.78. The SMILES string of the molecule is Cc1ccccc1C1/C(=C(\O)c2ccc(OCC(C)C)cc2)C(=O)C(=O)N1c1ccccc1C. The van der Waals surface area contributed by atoms with Gasteiger partial charge in [-0.05, 0) is 66.8 Å². The van der Waals surface area contributed by atoms with E-state index in [1.807, 2.05) is 62.4 Å². The first-order valence-electron chi connectivity index (χ1n) is 11.4. The molecule has 1 amide bonds. The van der Waals surface area contributed by atoms with Gasteiger partial charge in [-0.2, -0.15) is 0 Å². The van der Waals surface area contributed by atoms with Crippen LogP contribution in [0.3, 0.4) is 0 Å². The summed E-state index contributed by atoms with van der Waals surface area (Å²) in [5, 5.41) is 11.3. The number of ketones is 1. The van der Waals surface area contributed by atoms with Gasteiger partial charge in [-0.15, -0.1) is 0 Å². The number of Topliss-reactive ketones (excluding diaryl/α,β-unsaturated/α-hetero) is 1. The van der Waals surface area contributed by atoms with Gasteiger partial charge in [0.25, 0.3) is 11.7 Å². The van der Waals surface area contributed by atoms with Crippen LogP contribution < -0.4 is 9.64 Å². The monoisotopic (exact) mass is 455 g/mol. The predicted molar refractivity (Wildman–Crippen MR) is 134 cm³/mol. The molecule has 1 N–H and O–H groups in total. The van der Waals surface area contributed by atoms with Gasteiger partial charge in [-0.3, -0.25) is 14.5 Å². The third-order valence-corrected chi connectivity index (χ3v) is 6.01. The first-order valence-corrected chi connectivity index (χ1v) is 11.4. The predicted octanol–water partition coefficient (Wildman–Crippen LogP) is 5.96. The highest BCUT2D eigenvalue weighted by atomic mass is 16.5. The number of hydrogen-bond donors (Lipinski definition) is 1. The lowest BCUT2D eigenvalue weighted by Gasteiger charge is -2.27. The molecule has 4 rings (SSSR count). The molecular formula is C29H29NO4. The van der Waals surface area contributed by atoms with E-state index < -0.39 is 17.7 Å². The number of carbonyl (C=O) groups excluding carboxylic acids is 2. The molecular weight excluding hydrogens is 426 g/mol. The van der Waals surface area contributed by atoms with Crippen LogP contribution in [0.1, 0.15) is 42.1 Å². The molecule has 1 atom stereocenters. The average molecular weight is 456 g/mol. The fourth-order valence-electron chi connectivity index (χ4n) is 4.23. The minimum Gasteiger partial charge on any atom is -0.507 e. The molecule has 0 bridgehead atoms. The van der Waals surface area contributed by atoms with Crippen molar-refractivity contribution in [2.24, 2.45) is 5.92 Å². The molecule has 0 radical (unpaired) electrons. The number of rotatable bonds is 6. The molecule has 34 heavy (non-hydrogen) atoms. The number of aliphatic hydroxyl groups excluding tert-OH is 1. The van der Waals surface area contributed by atoms with Crippen molar-refractivity contribution in [3.05, 3.63) is 101 Å². The number of aryl methyl sites for hydroxylation is 2. The molecule has 5 nitrogen and oxygen atoms in total. The van der Waals surface area contributed by atoms with Crippen LogP contribution in [0.15, 0.2) is 78.4 Å². The number of nitrogens with zero attached hydrogens (tertiary/aromatic N) is 1. The Morgan fingerprint density at radius 2 is 1.53 bits per heavy atom. The van der Waals surface area contributed by atoms with E-state index in [9.17, 15) is 14.7 Å². The molecule has 174 valence electrons. The number of ether oxygens (including phenoxy) is 1. The lowest BCUT2D eigenvalue weighted by atomic mass is 9.92. The molecule has 1 aliphatic rings. The Labute approximate surface area is 200 Å². The van der Waals surface area contributed by atoms with E-state index in [0.717, 1.165) is 16.7 Å². The Morgan fingerprint density at radius 3 is 2.15 bits per heavy atom. The lowest BCUT2D eigenvalue weighted by molar-refractivity contribution is -0.132. The van der Waals surface area contributed by atoms with E-state index in [0.29, 0.717) is 29.5 Å². The standard InChI is InChI=1S/C29H29NO4/c1-18(2)17-34-22-15-13-21(14-16-22)27(31)25-26(23-11-7-5-9-19(23)3)30(29(33)28(25)32)24-12-8-6-10-20(24)4/h5-16,18,26,31H,17H2,1-4H3/b27-25+. The molecule has 1 heterocycles. The minimum atomic E-state index is -0.737. The molecule has 0 aromatic heterocycles. The third kappa shape index (κ3) is 4.34. The number of benzene rings is 3. The lowest BCUT2D eigenvalue weighted by Crippen LogP contribution is -2.30. The van der Waals surface area contributed by atoms with E-state index in [4.69, 9.17) is 4.74 Å². The fraction of sp³-hybridized carbons (Fsp3) is 0.241. The molecule has 0 spiro atoms. The van der Waals surface area contributed by atoms with Crippen molar-refractivity contribution in [3.63, 3.8) is 0 Å². The summed E-state index contributed by atoms with van der Waals surface area (Å²) in [7, 11) is 0. The molecule has 1 unspecified atom stereocenters. The normalized spacial score (nSPS) is 17.4. The Balaban J connectivity index is 1.85. The fourth-order valence-corrected chi connectivity index (χ4v) is 4.23. The van der Waals surface area contributed by atoms with Crippen LogP contribution >= 0.6 is 0 Å². The van der Waals surface area contributed by atoms with Crippen molar-refractivity contribution in [2.45, 2.75) is 33.7 Å². The second-order valence-electron chi connectivity index (χ2n) is 9.04. The van der Waals surface area contributed by atoms with Crippen LogP contribution in [-0.2, 0) is 9.59 Å². The maximum Gasteiger partial charge on any atom is 0.300 e. The highest BCUT2D eigenvalue weighted by Crippen LogP contribution is 2.43. The van der Waals surface area contributed by atoms with Crippen molar-refractivity contribution in [1.82, 2.24) is 0 Å². The number of anilines is 1. The van der Waals surface area contributed by atoms with Gasteiger partial charge in [0.15, 0.2) is 0 Å². The first kappa shape index (κ1) is 23.3. The molecule has 1 aliphatic heterocycles. The van der Waals surface area contributed by atoms with E-state index in [2.05, 4.69) is 13.8 Å². The molecule has 1 fully saturated rings. The van der Waals surface area contributed by atoms with Gasteiger partial charge < -0.3 is 9.84 Å². The summed E-state index contributed by atoms with van der Waals surface area (Å²) in [6.45, 7) is 8.56. The summed E-state index contributed by atoms with van der Waals surface area (Å²) in [6, 6.07) is 21.3. The zero-order chi connectivity index (χ0) is 24.4. The summed E-state index contributed by atoms with van der Waals surface area (Å²) in [5.74, 6) is -0.478. The third-order valence-electron chi connectivity index (χ3n) is 6.01. The second-order valence-corrected chi connectivity index (χ2v) is 9.04. The summed E-state index contributed by atoms with van der Waals surface area (Å²) in [4.78, 5) is 28.1. The molecule has 0 saturated carbocycles. The average Bonchev–Trinajstić information content (AvgIpc) is 3.08. The summed E-state index contributed by atoms with van der Waals surface area (Å²) >= 11 is 0. The van der Waals surface area contributed by atoms with Gasteiger partial charge in [0.1, 0.15) is 11.5 Å². The van der Waals surface area contributed by atoms with E-state index >= 15 is 0 Å². The smallest absolute Gasteiger partial charge is 0.300 e. The highest BCUT2D eigenvalue weighted by Gasteiger charge is 2.47. The number of amides is 1. The van der Waals surface area contributed by atoms with Crippen LogP contribution in [0.4, 0.5) is 5.69 Å². The molecule has 1 saturated heterocycles. The number of hydrogen-bond acceptors (Lipinski definition) is 4. The highest BCUT2D eigenvalue weighted by molar-refractivity contribution is 6.51. The molecule has 5 heteroatoms. The maximum absolute atomic E-state index is 13.3. The summed E-state index contributed by atoms with van der Waals surface area (Å²) < 4.78 is 5.73. The van der Waals surface area contributed by atoms with Crippen LogP contribution in [0.5, 0.6) is 5.75 Å². The van der Waals surface area contributed by atoms with E-state index in [1.54, 1.807) is 24.3 Å². The zero-order valence-electron chi connectivity index (χ0n) is 19.9. The minimum absolute atomic E-state index is 0.0819. The first-order chi connectivity index (χ1) is 16.3. The van der Waals surface area contributed by atoms with Gasteiger partial charge in [-0.1, -0.05) is 56.3 Å². The number of carbonyl (C=O) groups is 2. The van der Waals surface area contributed by atoms with Gasteiger partial charge in [-0.25, -0.2) is 0 Å². The van der Waals surface area contributed by atoms with Gasteiger partial charge >= 0.3 is 0 Å². The van der Waals surface area contributed by atoms with Crippen molar-refractivity contribution < 1.29 is 19.4 Å². The second kappa shape index (κ2) is 9.56. The van der Waals surface area contributed by atoms with Crippen LogP contribution in [0.2, 0.25) is 0 Å². The molecule has 0 aliphatic carbocycles. The Bertz CT molecular complexity index is 1260. The van der Waals surface area contributed by atoms with Gasteiger partial charge in [0.2, 0.25) is 0 Å². The quantitative estimate of drug-likeness (QED) is 0.283. The summed E-state index contributed by atoms with van der Waals surface area (Å²) in [6.07, 6.45) is 0. The van der Waals surface area contributed by atoms with Crippen molar-refractivity contribution in [1.29, 1.82) is 0 Å². The van der Waals surface area contributed by atoms with Crippen LogP contribution in [0, 0.1) is 19.8 Å². The van der Waals surface area contributed by atoms with Crippen molar-refractivity contribution >= 4 is 23.1 Å². The molecule has 3 aromatic carbocycles. The number of aliphatic hydroxyl groups is 1. The topological polar surface area (TPSA) is 66.8 Å². The maximum atomic E-state index is 13.3. The van der Waals surface area contributed by atoms with Crippen molar-refractivity contribution in [2.75, 3.05) is 11.5 Å². The van der Waals surface area contributed by atoms with Crippen LogP contribution in [0.25, 0.3) is 5.76 Å². The Hall–Kier alpha value is -3.86.